The lowest BCUT2D eigenvalue weighted by molar-refractivity contribution is -0.141. The van der Waals surface area contributed by atoms with Gasteiger partial charge in [-0.15, -0.1) is 0 Å². The van der Waals surface area contributed by atoms with Gasteiger partial charge in [0.1, 0.15) is 23.2 Å². The largest absolute Gasteiger partial charge is 0.342 e. The van der Waals surface area contributed by atoms with Gasteiger partial charge in [0.25, 0.3) is 0 Å². The number of nitriles is 1. The van der Waals surface area contributed by atoms with Crippen LogP contribution >= 0.6 is 0 Å². The fourth-order valence-corrected chi connectivity index (χ4v) is 3.52. The molecule has 3 unspecified atom stereocenters. The van der Waals surface area contributed by atoms with Gasteiger partial charge in [-0.3, -0.25) is 9.59 Å². The maximum atomic E-state index is 14.3. The van der Waals surface area contributed by atoms with Gasteiger partial charge >= 0.3 is 0 Å². The van der Waals surface area contributed by atoms with Crippen LogP contribution in [0.2, 0.25) is 0 Å². The van der Waals surface area contributed by atoms with E-state index in [1.807, 2.05) is 6.07 Å². The van der Waals surface area contributed by atoms with Gasteiger partial charge in [0, 0.05) is 17.9 Å². The fourth-order valence-electron chi connectivity index (χ4n) is 3.52. The summed E-state index contributed by atoms with van der Waals surface area (Å²) in [6, 6.07) is 10.7. The molecule has 5 nitrogen and oxygen atoms in total. The molecule has 0 bridgehead atoms. The normalized spacial score (nSPS) is 22.8. The number of piperazine rings is 1. The van der Waals surface area contributed by atoms with Crippen molar-refractivity contribution in [2.24, 2.45) is 0 Å². The predicted molar refractivity (Wildman–Crippen MR) is 98.1 cm³/mol. The van der Waals surface area contributed by atoms with E-state index in [1.165, 1.54) is 30.3 Å². The molecular weight excluding hydrogens is 364 g/mol. The minimum Gasteiger partial charge on any atom is -0.342 e. The lowest BCUT2D eigenvalue weighted by atomic mass is 9.83. The zero-order valence-electron chi connectivity index (χ0n) is 15.4. The zero-order chi connectivity index (χ0) is 20.5. The maximum absolute atomic E-state index is 14.3. The molecule has 3 rings (SSSR count). The van der Waals surface area contributed by atoms with Crippen LogP contribution in [0.15, 0.2) is 42.5 Å². The summed E-state index contributed by atoms with van der Waals surface area (Å²) < 4.78 is 27.4. The smallest absolute Gasteiger partial charge is 0.246 e. The highest BCUT2D eigenvalue weighted by Gasteiger charge is 2.45. The number of nitrogens with one attached hydrogen (secondary N) is 2. The molecule has 144 valence electrons. The van der Waals surface area contributed by atoms with Crippen LogP contribution in [0.3, 0.4) is 0 Å². The average molecular weight is 383 g/mol. The summed E-state index contributed by atoms with van der Waals surface area (Å²) in [5.41, 5.74) is -0.327. The minimum atomic E-state index is -1.22. The number of hydrogen-bond acceptors (Lipinski definition) is 3. The molecule has 3 atom stereocenters. The van der Waals surface area contributed by atoms with Crippen molar-refractivity contribution in [2.75, 3.05) is 0 Å². The molecule has 1 heterocycles. The van der Waals surface area contributed by atoms with Crippen molar-refractivity contribution >= 4 is 11.8 Å². The van der Waals surface area contributed by atoms with Gasteiger partial charge in [-0.1, -0.05) is 25.1 Å². The monoisotopic (exact) mass is 383 g/mol. The Kier molecular flexibility index (Phi) is 5.14. The van der Waals surface area contributed by atoms with Crippen molar-refractivity contribution in [3.05, 3.63) is 70.8 Å². The molecule has 1 saturated heterocycles. The van der Waals surface area contributed by atoms with E-state index in [2.05, 4.69) is 10.6 Å². The molecule has 0 spiro atoms. The lowest BCUT2D eigenvalue weighted by Gasteiger charge is -2.39. The predicted octanol–water partition coefficient (Wildman–Crippen LogP) is 2.56. The third kappa shape index (κ3) is 3.58. The summed E-state index contributed by atoms with van der Waals surface area (Å²) in [7, 11) is 0. The number of carbonyl (C=O) groups is 2. The van der Waals surface area contributed by atoms with Crippen LogP contribution in [-0.2, 0) is 16.0 Å². The summed E-state index contributed by atoms with van der Waals surface area (Å²) in [4.78, 5) is 25.5. The summed E-state index contributed by atoms with van der Waals surface area (Å²) in [5.74, 6) is -2.63. The van der Waals surface area contributed by atoms with Crippen LogP contribution in [-0.4, -0.2) is 23.4 Å². The van der Waals surface area contributed by atoms with Crippen LogP contribution in [0.4, 0.5) is 8.78 Å². The van der Waals surface area contributed by atoms with Crippen molar-refractivity contribution < 1.29 is 18.4 Å². The standard InChI is InChI=1S/C21H19F2N3O2/c1-12(17-14(11-24)4-3-5-16(17)23)18-19(27)26-21(2,20(28)25-18)10-13-6-8-15(22)9-7-13/h3-9,12,18H,10H2,1-2H3,(H,25,28)(H,26,27). The number of benzene rings is 2. The molecular formula is C21H19F2N3O2. The molecule has 1 aliphatic heterocycles. The van der Waals surface area contributed by atoms with Crippen LogP contribution in [0.25, 0.3) is 0 Å². The van der Waals surface area contributed by atoms with Gasteiger partial charge in [-0.25, -0.2) is 8.78 Å². The third-order valence-corrected chi connectivity index (χ3v) is 5.07. The molecule has 2 N–H and O–H groups in total. The van der Waals surface area contributed by atoms with E-state index in [4.69, 9.17) is 0 Å². The first-order valence-electron chi connectivity index (χ1n) is 8.81. The van der Waals surface area contributed by atoms with Gasteiger partial charge in [0.15, 0.2) is 0 Å². The van der Waals surface area contributed by atoms with Crippen molar-refractivity contribution in [2.45, 2.75) is 37.8 Å². The summed E-state index contributed by atoms with van der Waals surface area (Å²) in [6.07, 6.45) is 0.176. The second kappa shape index (κ2) is 7.39. The van der Waals surface area contributed by atoms with E-state index in [0.717, 1.165) is 0 Å². The quantitative estimate of drug-likeness (QED) is 0.851. The van der Waals surface area contributed by atoms with E-state index >= 15 is 0 Å². The molecule has 7 heteroatoms. The molecule has 2 aromatic rings. The Morgan fingerprint density at radius 1 is 1.18 bits per heavy atom. The second-order valence-corrected chi connectivity index (χ2v) is 7.18. The van der Waals surface area contributed by atoms with Crippen molar-refractivity contribution in [3.63, 3.8) is 0 Å². The first-order valence-corrected chi connectivity index (χ1v) is 8.81. The molecule has 1 aliphatic rings. The van der Waals surface area contributed by atoms with Crippen molar-refractivity contribution in [1.82, 2.24) is 10.6 Å². The van der Waals surface area contributed by atoms with Crippen molar-refractivity contribution in [1.29, 1.82) is 5.26 Å². The first kappa shape index (κ1) is 19.5. The van der Waals surface area contributed by atoms with Gasteiger partial charge in [-0.2, -0.15) is 5.26 Å². The number of amides is 2. The highest BCUT2D eigenvalue weighted by atomic mass is 19.1. The van der Waals surface area contributed by atoms with Crippen LogP contribution in [0.5, 0.6) is 0 Å². The molecule has 1 fully saturated rings. The van der Waals surface area contributed by atoms with Crippen LogP contribution in [0.1, 0.15) is 36.5 Å². The van der Waals surface area contributed by atoms with Gasteiger partial charge in [0.05, 0.1) is 11.6 Å². The SMILES string of the molecule is CC(c1c(F)cccc1C#N)C1NC(=O)C(C)(Cc2ccc(F)cc2)NC1=O. The molecule has 2 amide bonds. The Balaban J connectivity index is 1.84. The molecule has 2 aromatic carbocycles. The molecule has 28 heavy (non-hydrogen) atoms. The highest BCUT2D eigenvalue weighted by molar-refractivity contribution is 6.00. The Morgan fingerprint density at radius 3 is 2.50 bits per heavy atom. The number of rotatable bonds is 4. The summed E-state index contributed by atoms with van der Waals surface area (Å²) in [6.45, 7) is 3.17. The number of carbonyl (C=O) groups excluding carboxylic acids is 2. The van der Waals surface area contributed by atoms with E-state index in [9.17, 15) is 23.6 Å². The topological polar surface area (TPSA) is 82.0 Å². The number of halogens is 2. The summed E-state index contributed by atoms with van der Waals surface area (Å²) in [5, 5.41) is 14.6. The van der Waals surface area contributed by atoms with Gasteiger partial charge < -0.3 is 10.6 Å². The Labute approximate surface area is 161 Å². The molecule has 0 radical (unpaired) electrons. The van der Waals surface area contributed by atoms with E-state index in [-0.39, 0.29) is 17.5 Å². The fraction of sp³-hybridized carbons (Fsp3) is 0.286. The maximum Gasteiger partial charge on any atom is 0.246 e. The third-order valence-electron chi connectivity index (χ3n) is 5.07. The van der Waals surface area contributed by atoms with Crippen molar-refractivity contribution in [3.8, 4) is 6.07 Å². The van der Waals surface area contributed by atoms with E-state index in [0.29, 0.717) is 5.56 Å². The zero-order valence-corrected chi connectivity index (χ0v) is 15.4. The minimum absolute atomic E-state index is 0.0904. The molecule has 0 aromatic heterocycles. The second-order valence-electron chi connectivity index (χ2n) is 7.18. The average Bonchev–Trinajstić information content (AvgIpc) is 2.65. The molecule has 0 aliphatic carbocycles. The first-order chi connectivity index (χ1) is 13.2. The Hall–Kier alpha value is -3.27. The summed E-state index contributed by atoms with van der Waals surface area (Å²) >= 11 is 0. The lowest BCUT2D eigenvalue weighted by Crippen LogP contribution is -2.69. The Bertz CT molecular complexity index is 969. The van der Waals surface area contributed by atoms with Gasteiger partial charge in [0.2, 0.25) is 11.8 Å². The molecule has 0 saturated carbocycles. The number of nitrogens with zero attached hydrogens (tertiary/aromatic N) is 1. The van der Waals surface area contributed by atoms with Crippen LogP contribution in [0, 0.1) is 23.0 Å². The van der Waals surface area contributed by atoms with Gasteiger partial charge in [-0.05, 0) is 36.8 Å². The van der Waals surface area contributed by atoms with Crippen LogP contribution < -0.4 is 10.6 Å². The van der Waals surface area contributed by atoms with E-state index < -0.39 is 40.9 Å². The Morgan fingerprint density at radius 2 is 1.86 bits per heavy atom. The van der Waals surface area contributed by atoms with E-state index in [1.54, 1.807) is 26.0 Å². The highest BCUT2D eigenvalue weighted by Crippen LogP contribution is 2.29. The number of hydrogen-bond donors (Lipinski definition) is 2.